The molecule has 0 fully saturated rings. The maximum atomic E-state index is 9.19. The lowest BCUT2D eigenvalue weighted by molar-refractivity contribution is 0.159. The minimum Gasteiger partial charge on any atom is -0.396 e. The Hall–Kier alpha value is -0.820. The molecule has 0 atom stereocenters. The second-order valence-corrected chi connectivity index (χ2v) is 5.00. The maximum Gasteiger partial charge on any atom is 0.0485 e. The molecule has 14 heavy (non-hydrogen) atoms. The van der Waals surface area contributed by atoms with Crippen molar-refractivity contribution in [3.05, 3.63) is 34.9 Å². The molecule has 0 aliphatic rings. The third-order valence-electron chi connectivity index (χ3n) is 2.39. The Balaban J connectivity index is 2.87. The van der Waals surface area contributed by atoms with Crippen LogP contribution in [-0.4, -0.2) is 11.7 Å². The minimum atomic E-state index is -0.0137. The Kier molecular flexibility index (Phi) is 3.33. The van der Waals surface area contributed by atoms with Crippen molar-refractivity contribution in [1.29, 1.82) is 0 Å². The molecule has 1 heteroatoms. The van der Waals surface area contributed by atoms with Gasteiger partial charge in [-0.25, -0.2) is 0 Å². The highest BCUT2D eigenvalue weighted by molar-refractivity contribution is 5.29. The van der Waals surface area contributed by atoms with Gasteiger partial charge < -0.3 is 5.11 Å². The van der Waals surface area contributed by atoms with Crippen molar-refractivity contribution in [3.8, 4) is 0 Å². The number of hydrogen-bond acceptors (Lipinski definition) is 1. The monoisotopic (exact) mass is 192 g/mol. The summed E-state index contributed by atoms with van der Waals surface area (Å²) >= 11 is 0. The third-order valence-corrected chi connectivity index (χ3v) is 2.39. The van der Waals surface area contributed by atoms with Crippen molar-refractivity contribution in [1.82, 2.24) is 0 Å². The summed E-state index contributed by atoms with van der Waals surface area (Å²) in [5.41, 5.74) is 3.91. The molecule has 0 aromatic heterocycles. The normalized spacial score (nSPS) is 11.8. The standard InChI is InChI=1S/C13H20O/c1-10-5-11(2)7-12(6-10)8-13(3,4)9-14/h5-7,14H,8-9H2,1-4H3. The first-order valence-corrected chi connectivity index (χ1v) is 5.11. The van der Waals surface area contributed by atoms with E-state index >= 15 is 0 Å². The van der Waals surface area contributed by atoms with Crippen LogP contribution in [0.3, 0.4) is 0 Å². The molecule has 1 nitrogen and oxygen atoms in total. The SMILES string of the molecule is Cc1cc(C)cc(CC(C)(C)CO)c1. The van der Waals surface area contributed by atoms with Crippen LogP contribution in [0.25, 0.3) is 0 Å². The van der Waals surface area contributed by atoms with E-state index in [0.29, 0.717) is 0 Å². The van der Waals surface area contributed by atoms with Gasteiger partial charge in [0.05, 0.1) is 0 Å². The van der Waals surface area contributed by atoms with Gasteiger partial charge in [-0.05, 0) is 31.2 Å². The van der Waals surface area contributed by atoms with Gasteiger partial charge in [-0.3, -0.25) is 0 Å². The van der Waals surface area contributed by atoms with E-state index in [2.05, 4.69) is 45.9 Å². The third kappa shape index (κ3) is 3.15. The fraction of sp³-hybridized carbons (Fsp3) is 0.538. The van der Waals surface area contributed by atoms with Crippen molar-refractivity contribution in [2.75, 3.05) is 6.61 Å². The average molecular weight is 192 g/mol. The van der Waals surface area contributed by atoms with Gasteiger partial charge in [0.2, 0.25) is 0 Å². The molecular formula is C13H20O. The molecule has 0 heterocycles. The van der Waals surface area contributed by atoms with Crippen LogP contribution >= 0.6 is 0 Å². The Bertz CT molecular complexity index is 293. The number of aryl methyl sites for hydroxylation is 2. The smallest absolute Gasteiger partial charge is 0.0485 e. The summed E-state index contributed by atoms with van der Waals surface area (Å²) in [5.74, 6) is 0. The predicted molar refractivity (Wildman–Crippen MR) is 60.5 cm³/mol. The average Bonchev–Trinajstić information content (AvgIpc) is 2.01. The molecule has 78 valence electrons. The molecule has 1 rings (SSSR count). The molecule has 0 amide bonds. The second-order valence-electron chi connectivity index (χ2n) is 5.00. The van der Waals surface area contributed by atoms with Crippen molar-refractivity contribution in [3.63, 3.8) is 0 Å². The molecule has 1 aromatic rings. The van der Waals surface area contributed by atoms with E-state index in [1.807, 2.05) is 0 Å². The molecule has 0 unspecified atom stereocenters. The van der Waals surface area contributed by atoms with Crippen LogP contribution in [0.1, 0.15) is 30.5 Å². The van der Waals surface area contributed by atoms with Crippen LogP contribution in [0.5, 0.6) is 0 Å². The van der Waals surface area contributed by atoms with Crippen molar-refractivity contribution < 1.29 is 5.11 Å². The summed E-state index contributed by atoms with van der Waals surface area (Å²) < 4.78 is 0. The van der Waals surface area contributed by atoms with Gasteiger partial charge in [0.25, 0.3) is 0 Å². The molecule has 0 spiro atoms. The van der Waals surface area contributed by atoms with Gasteiger partial charge >= 0.3 is 0 Å². The second kappa shape index (κ2) is 4.14. The van der Waals surface area contributed by atoms with E-state index in [-0.39, 0.29) is 12.0 Å². The lowest BCUT2D eigenvalue weighted by atomic mass is 9.86. The Morgan fingerprint density at radius 3 is 2.00 bits per heavy atom. The summed E-state index contributed by atoms with van der Waals surface area (Å²) in [6.45, 7) is 8.64. The largest absolute Gasteiger partial charge is 0.396 e. The molecule has 0 saturated carbocycles. The first-order valence-electron chi connectivity index (χ1n) is 5.11. The number of aliphatic hydroxyl groups is 1. The Morgan fingerprint density at radius 1 is 1.07 bits per heavy atom. The fourth-order valence-corrected chi connectivity index (χ4v) is 1.78. The summed E-state index contributed by atoms with van der Waals surface area (Å²) in [5, 5.41) is 9.19. The maximum absolute atomic E-state index is 9.19. The van der Waals surface area contributed by atoms with Crippen molar-refractivity contribution >= 4 is 0 Å². The fourth-order valence-electron chi connectivity index (χ4n) is 1.78. The van der Waals surface area contributed by atoms with Gasteiger partial charge in [0.15, 0.2) is 0 Å². The molecular weight excluding hydrogens is 172 g/mol. The molecule has 0 aliphatic carbocycles. The molecule has 1 N–H and O–H groups in total. The van der Waals surface area contributed by atoms with Crippen LogP contribution in [0, 0.1) is 19.3 Å². The van der Waals surface area contributed by atoms with Crippen LogP contribution in [0.2, 0.25) is 0 Å². The van der Waals surface area contributed by atoms with Crippen LogP contribution in [-0.2, 0) is 6.42 Å². The lowest BCUT2D eigenvalue weighted by Gasteiger charge is -2.21. The molecule has 0 radical (unpaired) electrons. The topological polar surface area (TPSA) is 20.2 Å². The van der Waals surface area contributed by atoms with E-state index in [1.54, 1.807) is 0 Å². The van der Waals surface area contributed by atoms with E-state index < -0.39 is 0 Å². The van der Waals surface area contributed by atoms with Crippen LogP contribution in [0.15, 0.2) is 18.2 Å². The first kappa shape index (κ1) is 11.3. The summed E-state index contributed by atoms with van der Waals surface area (Å²) in [7, 11) is 0. The summed E-state index contributed by atoms with van der Waals surface area (Å²) in [4.78, 5) is 0. The Morgan fingerprint density at radius 2 is 1.57 bits per heavy atom. The summed E-state index contributed by atoms with van der Waals surface area (Å²) in [6.07, 6.45) is 0.937. The zero-order valence-corrected chi connectivity index (χ0v) is 9.59. The van der Waals surface area contributed by atoms with Gasteiger partial charge in [-0.15, -0.1) is 0 Å². The number of benzene rings is 1. The number of hydrogen-bond donors (Lipinski definition) is 1. The lowest BCUT2D eigenvalue weighted by Crippen LogP contribution is -2.19. The number of aliphatic hydroxyl groups excluding tert-OH is 1. The highest BCUT2D eigenvalue weighted by atomic mass is 16.3. The van der Waals surface area contributed by atoms with Crippen LogP contribution in [0.4, 0.5) is 0 Å². The number of rotatable bonds is 3. The van der Waals surface area contributed by atoms with Crippen LogP contribution < -0.4 is 0 Å². The van der Waals surface area contributed by atoms with E-state index in [9.17, 15) is 5.11 Å². The van der Waals surface area contributed by atoms with Gasteiger partial charge in [0.1, 0.15) is 0 Å². The molecule has 0 bridgehead atoms. The minimum absolute atomic E-state index is 0.0137. The zero-order valence-electron chi connectivity index (χ0n) is 9.59. The highest BCUT2D eigenvalue weighted by Gasteiger charge is 2.17. The van der Waals surface area contributed by atoms with Gasteiger partial charge in [0, 0.05) is 6.61 Å². The van der Waals surface area contributed by atoms with Crippen molar-refractivity contribution in [2.24, 2.45) is 5.41 Å². The van der Waals surface area contributed by atoms with E-state index in [1.165, 1.54) is 16.7 Å². The van der Waals surface area contributed by atoms with Crippen molar-refractivity contribution in [2.45, 2.75) is 34.1 Å². The predicted octanol–water partition coefficient (Wildman–Crippen LogP) is 2.86. The molecule has 0 saturated heterocycles. The molecule has 0 aliphatic heterocycles. The summed E-state index contributed by atoms with van der Waals surface area (Å²) in [6, 6.07) is 6.57. The van der Waals surface area contributed by atoms with E-state index in [4.69, 9.17) is 0 Å². The highest BCUT2D eigenvalue weighted by Crippen LogP contribution is 2.22. The zero-order chi connectivity index (χ0) is 10.8. The molecule has 1 aromatic carbocycles. The first-order chi connectivity index (χ1) is 6.43. The Labute approximate surface area is 86.8 Å². The van der Waals surface area contributed by atoms with Gasteiger partial charge in [-0.1, -0.05) is 43.2 Å². The quantitative estimate of drug-likeness (QED) is 0.780. The van der Waals surface area contributed by atoms with E-state index in [0.717, 1.165) is 6.42 Å². The van der Waals surface area contributed by atoms with Gasteiger partial charge in [-0.2, -0.15) is 0 Å².